The molecule has 0 heterocycles. The summed E-state index contributed by atoms with van der Waals surface area (Å²) in [5.41, 5.74) is 1.50. The van der Waals surface area contributed by atoms with Gasteiger partial charge in [-0.25, -0.2) is 0 Å². The molecule has 0 N–H and O–H groups in total. The van der Waals surface area contributed by atoms with Gasteiger partial charge in [0.15, 0.2) is 5.78 Å². The van der Waals surface area contributed by atoms with Gasteiger partial charge in [0.2, 0.25) is 0 Å². The highest BCUT2D eigenvalue weighted by Crippen LogP contribution is 2.53. The first-order valence-electron chi connectivity index (χ1n) is 10.4. The van der Waals surface area contributed by atoms with E-state index in [9.17, 15) is 9.59 Å². The van der Waals surface area contributed by atoms with Crippen LogP contribution in [0.15, 0.2) is 23.8 Å². The normalized spacial score (nSPS) is 28.6. The zero-order chi connectivity index (χ0) is 21.2. The Morgan fingerprint density at radius 1 is 1.38 bits per heavy atom. The maximum Gasteiger partial charge on any atom is 0.305 e. The minimum Gasteiger partial charge on any atom is -0.469 e. The SMILES string of the molecule is CC#CCC(C)C(=O)/C=C/[C@@H]1[C@H]2C/C(=C/CCCC(=O)OC)C[C@H]2C[C@H]1OPI. The summed E-state index contributed by atoms with van der Waals surface area (Å²) in [6.45, 7) is 4.19. The van der Waals surface area contributed by atoms with Crippen molar-refractivity contribution in [3.05, 3.63) is 23.8 Å². The molecule has 0 amide bonds. The molecule has 0 bridgehead atoms. The summed E-state index contributed by atoms with van der Waals surface area (Å²) < 4.78 is 10.7. The van der Waals surface area contributed by atoms with E-state index in [-0.39, 0.29) is 23.8 Å². The molecular formula is C23H32IO4P. The predicted octanol–water partition coefficient (Wildman–Crippen LogP) is 5.81. The van der Waals surface area contributed by atoms with Crippen molar-refractivity contribution in [1.82, 2.24) is 0 Å². The van der Waals surface area contributed by atoms with E-state index >= 15 is 0 Å². The average molecular weight is 530 g/mol. The zero-order valence-corrected chi connectivity index (χ0v) is 20.7. The minimum absolute atomic E-state index is 0.0597. The predicted molar refractivity (Wildman–Crippen MR) is 127 cm³/mol. The molecule has 4 nitrogen and oxygen atoms in total. The summed E-state index contributed by atoms with van der Waals surface area (Å²) >= 11 is 2.28. The van der Waals surface area contributed by atoms with Crippen molar-refractivity contribution >= 4 is 40.2 Å². The number of esters is 1. The first-order valence-corrected chi connectivity index (χ1v) is 14.4. The van der Waals surface area contributed by atoms with Crippen LogP contribution >= 0.6 is 28.5 Å². The van der Waals surface area contributed by atoms with Gasteiger partial charge in [-0.05, 0) is 79.0 Å². The number of halogens is 1. The molecule has 2 unspecified atom stereocenters. The lowest BCUT2D eigenvalue weighted by Crippen LogP contribution is -2.18. The number of hydrogen-bond acceptors (Lipinski definition) is 4. The smallest absolute Gasteiger partial charge is 0.305 e. The molecule has 0 saturated heterocycles. The molecule has 2 fully saturated rings. The molecule has 6 atom stereocenters. The standard InChI is InChI=1S/C23H32IO4P/c1-4-5-8-16(2)21(25)12-11-19-20-14-17(9-6-7-10-23(26)27-3)13-18(20)15-22(19)28-29-24/h9,11-12,16,18-20,22,29H,6-8,10,13-15H2,1-3H3/b12-11+,17-9+/t16?,18-,19+,20-,22+/m0/s1. The van der Waals surface area contributed by atoms with E-state index in [1.165, 1.54) is 12.7 Å². The molecule has 6 heteroatoms. The summed E-state index contributed by atoms with van der Waals surface area (Å²) in [4.78, 5) is 23.7. The van der Waals surface area contributed by atoms with Crippen LogP contribution in [-0.4, -0.2) is 25.0 Å². The number of fused-ring (bicyclic) bond motifs is 1. The Balaban J connectivity index is 1.96. The van der Waals surface area contributed by atoms with Crippen LogP contribution in [0.3, 0.4) is 0 Å². The van der Waals surface area contributed by atoms with Crippen molar-refractivity contribution in [2.45, 2.75) is 64.9 Å². The highest BCUT2D eigenvalue weighted by atomic mass is 127. The van der Waals surface area contributed by atoms with Gasteiger partial charge in [-0.1, -0.05) is 24.6 Å². The van der Waals surface area contributed by atoms with E-state index in [1.807, 2.05) is 6.92 Å². The third-order valence-electron chi connectivity index (χ3n) is 6.08. The topological polar surface area (TPSA) is 52.6 Å². The molecule has 2 aliphatic rings. The third kappa shape index (κ3) is 7.49. The fourth-order valence-corrected chi connectivity index (χ4v) is 5.83. The van der Waals surface area contributed by atoms with Gasteiger partial charge in [-0.2, -0.15) is 0 Å². The number of hydrogen-bond donors (Lipinski definition) is 0. The largest absolute Gasteiger partial charge is 0.469 e. The number of allylic oxidation sites excluding steroid dienone is 3. The number of ketones is 1. The van der Waals surface area contributed by atoms with Crippen molar-refractivity contribution in [3.8, 4) is 11.8 Å². The van der Waals surface area contributed by atoms with Crippen molar-refractivity contribution in [1.29, 1.82) is 0 Å². The van der Waals surface area contributed by atoms with Crippen LogP contribution in [-0.2, 0) is 18.8 Å². The second kappa shape index (κ2) is 12.9. The van der Waals surface area contributed by atoms with Crippen LogP contribution in [0.4, 0.5) is 0 Å². The molecule has 29 heavy (non-hydrogen) atoms. The highest BCUT2D eigenvalue weighted by Gasteiger charge is 2.46. The first kappa shape index (κ1) is 24.6. The molecule has 0 radical (unpaired) electrons. The summed E-state index contributed by atoms with van der Waals surface area (Å²) in [6, 6.07) is 0. The lowest BCUT2D eigenvalue weighted by Gasteiger charge is -2.20. The van der Waals surface area contributed by atoms with Crippen molar-refractivity contribution in [3.63, 3.8) is 0 Å². The van der Waals surface area contributed by atoms with Crippen LogP contribution in [0.25, 0.3) is 0 Å². The van der Waals surface area contributed by atoms with Crippen molar-refractivity contribution in [2.24, 2.45) is 23.7 Å². The van der Waals surface area contributed by atoms with E-state index in [1.54, 1.807) is 13.0 Å². The summed E-state index contributed by atoms with van der Waals surface area (Å²) in [6.07, 6.45) is 12.5. The Labute approximate surface area is 190 Å². The van der Waals surface area contributed by atoms with Crippen LogP contribution in [0, 0.1) is 35.5 Å². The number of unbranched alkanes of at least 4 members (excludes halogenated alkanes) is 1. The van der Waals surface area contributed by atoms with Crippen molar-refractivity contribution in [2.75, 3.05) is 7.11 Å². The van der Waals surface area contributed by atoms with E-state index in [0.29, 0.717) is 37.0 Å². The lowest BCUT2D eigenvalue weighted by molar-refractivity contribution is -0.140. The Morgan fingerprint density at radius 2 is 2.17 bits per heavy atom. The Kier molecular flexibility index (Phi) is 10.9. The monoisotopic (exact) mass is 530 g/mol. The molecule has 2 saturated carbocycles. The van der Waals surface area contributed by atoms with Crippen LogP contribution in [0.2, 0.25) is 0 Å². The second-order valence-corrected chi connectivity index (χ2v) is 9.71. The number of carbonyl (C=O) groups excluding carboxylic acids is 2. The molecular weight excluding hydrogens is 498 g/mol. The fraction of sp³-hybridized carbons (Fsp3) is 0.652. The maximum absolute atomic E-state index is 12.4. The van der Waals surface area contributed by atoms with Crippen molar-refractivity contribution < 1.29 is 18.8 Å². The summed E-state index contributed by atoms with van der Waals surface area (Å²) in [7, 11) is 1.43. The maximum atomic E-state index is 12.4. The van der Waals surface area contributed by atoms with E-state index in [4.69, 9.17) is 9.26 Å². The van der Waals surface area contributed by atoms with Gasteiger partial charge in [0.1, 0.15) is 0 Å². The van der Waals surface area contributed by atoms with E-state index in [0.717, 1.165) is 32.1 Å². The van der Waals surface area contributed by atoms with Gasteiger partial charge < -0.3 is 9.26 Å². The molecule has 0 aromatic carbocycles. The highest BCUT2D eigenvalue weighted by molar-refractivity contribution is 14.2. The van der Waals surface area contributed by atoms with Crippen LogP contribution in [0.5, 0.6) is 0 Å². The van der Waals surface area contributed by atoms with Gasteiger partial charge in [-0.3, -0.25) is 9.59 Å². The van der Waals surface area contributed by atoms with Gasteiger partial charge >= 0.3 is 5.97 Å². The number of carbonyl (C=O) groups is 2. The van der Waals surface area contributed by atoms with Crippen LogP contribution in [0.1, 0.15) is 58.8 Å². The number of methoxy groups -OCH3 is 1. The summed E-state index contributed by atoms with van der Waals surface area (Å²) in [5.74, 6) is 7.30. The van der Waals surface area contributed by atoms with Gasteiger partial charge in [0, 0.05) is 24.7 Å². The quantitative estimate of drug-likeness (QED) is 0.0681. The molecule has 0 spiro atoms. The van der Waals surface area contributed by atoms with Gasteiger partial charge in [-0.15, -0.1) is 11.8 Å². The zero-order valence-electron chi connectivity index (χ0n) is 17.6. The third-order valence-corrected chi connectivity index (χ3v) is 7.24. The Morgan fingerprint density at radius 3 is 2.86 bits per heavy atom. The molecule has 0 aliphatic heterocycles. The second-order valence-electron chi connectivity index (χ2n) is 8.00. The Hall–Kier alpha value is -0.700. The molecule has 2 rings (SSSR count). The minimum atomic E-state index is -0.139. The number of rotatable bonds is 10. The molecule has 2 aliphatic carbocycles. The Bertz CT molecular complexity index is 691. The molecule has 160 valence electrons. The van der Waals surface area contributed by atoms with Gasteiger partial charge in [0.25, 0.3) is 0 Å². The van der Waals surface area contributed by atoms with E-state index in [2.05, 4.69) is 46.0 Å². The lowest BCUT2D eigenvalue weighted by atomic mass is 9.89. The van der Waals surface area contributed by atoms with E-state index < -0.39 is 0 Å². The summed E-state index contributed by atoms with van der Waals surface area (Å²) in [5, 5.41) is 0. The molecule has 0 aromatic rings. The van der Waals surface area contributed by atoms with Gasteiger partial charge in [0.05, 0.1) is 19.7 Å². The fourth-order valence-electron chi connectivity index (χ4n) is 4.48. The average Bonchev–Trinajstić information content (AvgIpc) is 3.24. The number of ether oxygens (including phenoxy) is 1. The molecule has 0 aromatic heterocycles. The first-order chi connectivity index (χ1) is 14.0. The van der Waals surface area contributed by atoms with Crippen LogP contribution < -0.4 is 0 Å².